The summed E-state index contributed by atoms with van der Waals surface area (Å²) in [6.45, 7) is 2.26. The van der Waals surface area contributed by atoms with Crippen molar-refractivity contribution < 1.29 is 14.7 Å². The Morgan fingerprint density at radius 1 is 0.818 bits per heavy atom. The normalized spacial score (nSPS) is 13.0. The SMILES string of the molecule is CCCCCCCCCCCC(CCCCCC(=O)O)[SiH2]O. The number of aliphatic carboxylic acids is 1. The van der Waals surface area contributed by atoms with E-state index in [9.17, 15) is 9.59 Å². The molecular formula is C18H38O3Si. The average Bonchev–Trinajstić information content (AvgIpc) is 2.50. The smallest absolute Gasteiger partial charge is 0.303 e. The van der Waals surface area contributed by atoms with E-state index in [0.29, 0.717) is 12.0 Å². The van der Waals surface area contributed by atoms with Crippen molar-refractivity contribution in [1.29, 1.82) is 0 Å². The van der Waals surface area contributed by atoms with Gasteiger partial charge in [-0.15, -0.1) is 0 Å². The summed E-state index contributed by atoms with van der Waals surface area (Å²) in [5.74, 6) is -0.692. The zero-order valence-electron chi connectivity index (χ0n) is 14.7. The van der Waals surface area contributed by atoms with Crippen molar-refractivity contribution in [2.75, 3.05) is 0 Å². The molecule has 3 nitrogen and oxygen atoms in total. The number of rotatable bonds is 17. The summed E-state index contributed by atoms with van der Waals surface area (Å²) in [7, 11) is -0.892. The van der Waals surface area contributed by atoms with Gasteiger partial charge in [0.05, 0.1) is 0 Å². The fourth-order valence-corrected chi connectivity index (χ4v) is 3.90. The first-order chi connectivity index (χ1) is 10.7. The first-order valence-electron chi connectivity index (χ1n) is 9.53. The lowest BCUT2D eigenvalue weighted by atomic mass is 10.0. The molecule has 0 radical (unpaired) electrons. The minimum Gasteiger partial charge on any atom is -0.481 e. The minimum absolute atomic E-state index is 0.291. The van der Waals surface area contributed by atoms with Gasteiger partial charge in [0.15, 0.2) is 9.76 Å². The fourth-order valence-electron chi connectivity index (χ4n) is 2.96. The van der Waals surface area contributed by atoms with Crippen LogP contribution in [0.3, 0.4) is 0 Å². The average molecular weight is 331 g/mol. The van der Waals surface area contributed by atoms with Crippen molar-refractivity contribution >= 4 is 15.7 Å². The molecule has 0 heterocycles. The predicted octanol–water partition coefficient (Wildman–Crippen LogP) is 4.81. The lowest BCUT2D eigenvalue weighted by Crippen LogP contribution is -2.03. The lowest BCUT2D eigenvalue weighted by Gasteiger charge is -2.13. The molecule has 1 atom stereocenters. The van der Waals surface area contributed by atoms with Gasteiger partial charge in [-0.05, 0) is 12.0 Å². The fraction of sp³-hybridized carbons (Fsp3) is 0.944. The molecule has 0 aliphatic rings. The molecule has 0 saturated carbocycles. The molecule has 0 aromatic rings. The van der Waals surface area contributed by atoms with E-state index in [2.05, 4.69) is 6.92 Å². The van der Waals surface area contributed by atoms with Crippen LogP contribution < -0.4 is 0 Å². The summed E-state index contributed by atoms with van der Waals surface area (Å²) in [6.07, 6.45) is 17.7. The van der Waals surface area contributed by atoms with Gasteiger partial charge >= 0.3 is 5.97 Å². The number of unbranched alkanes of at least 4 members (excludes halogenated alkanes) is 10. The first-order valence-corrected chi connectivity index (χ1v) is 11.0. The number of carbonyl (C=O) groups is 1. The summed E-state index contributed by atoms with van der Waals surface area (Å²) >= 11 is 0. The Morgan fingerprint density at radius 2 is 1.27 bits per heavy atom. The Balaban J connectivity index is 3.33. The molecular weight excluding hydrogens is 292 g/mol. The number of carboxylic acid groups (broad SMARTS) is 1. The van der Waals surface area contributed by atoms with Gasteiger partial charge in [0.25, 0.3) is 0 Å². The second-order valence-corrected chi connectivity index (χ2v) is 8.18. The van der Waals surface area contributed by atoms with Crippen LogP contribution in [0, 0.1) is 0 Å². The standard InChI is InChI=1S/C18H38O3Si/c1-2-3-4-5-6-7-8-9-11-14-17(22-21)15-12-10-13-16-18(19)20/h17,21H,2-16,22H2,1H3,(H,19,20). The van der Waals surface area contributed by atoms with Gasteiger partial charge in [0.1, 0.15) is 0 Å². The van der Waals surface area contributed by atoms with E-state index < -0.39 is 15.7 Å². The summed E-state index contributed by atoms with van der Waals surface area (Å²) in [4.78, 5) is 20.0. The molecule has 1 unspecified atom stereocenters. The highest BCUT2D eigenvalue weighted by molar-refractivity contribution is 6.27. The van der Waals surface area contributed by atoms with Gasteiger partial charge in [-0.25, -0.2) is 0 Å². The molecule has 0 fully saturated rings. The van der Waals surface area contributed by atoms with Crippen molar-refractivity contribution in [2.45, 2.75) is 109 Å². The van der Waals surface area contributed by atoms with E-state index in [4.69, 9.17) is 5.11 Å². The molecule has 0 aromatic heterocycles. The molecule has 0 aromatic carbocycles. The minimum atomic E-state index is -0.892. The van der Waals surface area contributed by atoms with E-state index >= 15 is 0 Å². The van der Waals surface area contributed by atoms with E-state index in [1.165, 1.54) is 64.2 Å². The molecule has 0 rings (SSSR count). The Morgan fingerprint density at radius 3 is 1.73 bits per heavy atom. The third kappa shape index (κ3) is 16.0. The van der Waals surface area contributed by atoms with E-state index in [-0.39, 0.29) is 0 Å². The molecule has 0 amide bonds. The van der Waals surface area contributed by atoms with Crippen LogP contribution in [0.4, 0.5) is 0 Å². The summed E-state index contributed by atoms with van der Waals surface area (Å²) < 4.78 is 0. The molecule has 2 N–H and O–H groups in total. The van der Waals surface area contributed by atoms with Crippen molar-refractivity contribution in [3.8, 4) is 0 Å². The zero-order valence-corrected chi connectivity index (χ0v) is 16.1. The van der Waals surface area contributed by atoms with Gasteiger partial charge in [-0.2, -0.15) is 0 Å². The monoisotopic (exact) mass is 330 g/mol. The molecule has 0 aliphatic heterocycles. The van der Waals surface area contributed by atoms with Gasteiger partial charge in [-0.1, -0.05) is 90.4 Å². The molecule has 0 bridgehead atoms. The van der Waals surface area contributed by atoms with Crippen LogP contribution >= 0.6 is 0 Å². The molecule has 132 valence electrons. The molecule has 0 aliphatic carbocycles. The highest BCUT2D eigenvalue weighted by atomic mass is 28.2. The Hall–Kier alpha value is -0.353. The summed E-state index contributed by atoms with van der Waals surface area (Å²) in [5.41, 5.74) is 0.564. The van der Waals surface area contributed by atoms with E-state index in [1.54, 1.807) is 0 Å². The first kappa shape index (κ1) is 21.6. The summed E-state index contributed by atoms with van der Waals surface area (Å²) in [6, 6.07) is 0. The van der Waals surface area contributed by atoms with Crippen molar-refractivity contribution in [1.82, 2.24) is 0 Å². The van der Waals surface area contributed by atoms with Crippen molar-refractivity contribution in [3.05, 3.63) is 0 Å². The maximum absolute atomic E-state index is 10.4. The van der Waals surface area contributed by atoms with E-state index in [1.807, 2.05) is 0 Å². The largest absolute Gasteiger partial charge is 0.481 e. The quantitative estimate of drug-likeness (QED) is 0.297. The maximum Gasteiger partial charge on any atom is 0.303 e. The summed E-state index contributed by atoms with van der Waals surface area (Å²) in [5, 5.41) is 8.58. The number of hydrogen-bond donors (Lipinski definition) is 2. The van der Waals surface area contributed by atoms with Crippen molar-refractivity contribution in [2.24, 2.45) is 0 Å². The Kier molecular flexibility index (Phi) is 16.7. The third-order valence-electron chi connectivity index (χ3n) is 4.48. The van der Waals surface area contributed by atoms with Crippen LogP contribution in [0.2, 0.25) is 5.54 Å². The van der Waals surface area contributed by atoms with Gasteiger partial charge in [0, 0.05) is 6.42 Å². The van der Waals surface area contributed by atoms with Crippen LogP contribution in [0.25, 0.3) is 0 Å². The highest BCUT2D eigenvalue weighted by Crippen LogP contribution is 2.22. The van der Waals surface area contributed by atoms with Crippen molar-refractivity contribution in [3.63, 3.8) is 0 Å². The lowest BCUT2D eigenvalue weighted by molar-refractivity contribution is -0.137. The zero-order chi connectivity index (χ0) is 16.5. The predicted molar refractivity (Wildman–Crippen MR) is 97.1 cm³/mol. The van der Waals surface area contributed by atoms with Crippen LogP contribution in [0.1, 0.15) is 103 Å². The Labute approximate surface area is 139 Å². The number of hydrogen-bond acceptors (Lipinski definition) is 2. The Bertz CT molecular complexity index is 246. The van der Waals surface area contributed by atoms with Gasteiger partial charge in [0.2, 0.25) is 0 Å². The maximum atomic E-state index is 10.4. The van der Waals surface area contributed by atoms with E-state index in [0.717, 1.165) is 25.7 Å². The van der Waals surface area contributed by atoms with Crippen LogP contribution in [-0.4, -0.2) is 25.6 Å². The third-order valence-corrected chi connectivity index (χ3v) is 5.81. The highest BCUT2D eigenvalue weighted by Gasteiger charge is 2.08. The molecule has 0 spiro atoms. The van der Waals surface area contributed by atoms with Crippen LogP contribution in [0.5, 0.6) is 0 Å². The van der Waals surface area contributed by atoms with Gasteiger partial charge in [-0.3, -0.25) is 4.79 Å². The van der Waals surface area contributed by atoms with Crippen LogP contribution in [0.15, 0.2) is 0 Å². The van der Waals surface area contributed by atoms with Gasteiger partial charge < -0.3 is 9.90 Å². The number of carboxylic acids is 1. The van der Waals surface area contributed by atoms with Crippen LogP contribution in [-0.2, 0) is 4.79 Å². The molecule has 22 heavy (non-hydrogen) atoms. The molecule has 4 heteroatoms. The second kappa shape index (κ2) is 17.0. The second-order valence-electron chi connectivity index (χ2n) is 6.66. The molecule has 0 saturated heterocycles. The topological polar surface area (TPSA) is 57.5 Å².